The van der Waals surface area contributed by atoms with Crippen molar-refractivity contribution in [1.82, 2.24) is 9.78 Å². The van der Waals surface area contributed by atoms with E-state index in [0.717, 1.165) is 46.1 Å². The van der Waals surface area contributed by atoms with Crippen LogP contribution in [-0.2, 0) is 6.42 Å². The van der Waals surface area contributed by atoms with Gasteiger partial charge in [-0.15, -0.1) is 0 Å². The summed E-state index contributed by atoms with van der Waals surface area (Å²) in [6, 6.07) is 11.3. The maximum Gasteiger partial charge on any atom is 0.151 e. The minimum atomic E-state index is -0.633. The van der Waals surface area contributed by atoms with Crippen LogP contribution in [0, 0.1) is 11.6 Å². The lowest BCUT2D eigenvalue weighted by Gasteiger charge is -2.07. The molecule has 0 aliphatic carbocycles. The van der Waals surface area contributed by atoms with Gasteiger partial charge in [-0.05, 0) is 30.7 Å². The van der Waals surface area contributed by atoms with E-state index in [1.807, 2.05) is 24.3 Å². The SMILES string of the molecule is Fc1ccc(-n2nc(-c3ccc(Br)cc3)c3c2NCC3)c(F)c1. The first-order valence-electron chi connectivity index (χ1n) is 7.20. The van der Waals surface area contributed by atoms with Crippen molar-refractivity contribution >= 4 is 21.7 Å². The average Bonchev–Trinajstić information content (AvgIpc) is 3.11. The van der Waals surface area contributed by atoms with Crippen LogP contribution in [0.3, 0.4) is 0 Å². The second-order valence-corrected chi connectivity index (χ2v) is 6.28. The molecule has 0 amide bonds. The van der Waals surface area contributed by atoms with Gasteiger partial charge in [0.25, 0.3) is 0 Å². The van der Waals surface area contributed by atoms with E-state index in [2.05, 4.69) is 26.3 Å². The summed E-state index contributed by atoms with van der Waals surface area (Å²) in [6.07, 6.45) is 0.823. The summed E-state index contributed by atoms with van der Waals surface area (Å²) in [7, 11) is 0. The van der Waals surface area contributed by atoms with E-state index < -0.39 is 11.6 Å². The summed E-state index contributed by atoms with van der Waals surface area (Å²) in [6.45, 7) is 0.777. The molecule has 0 radical (unpaired) electrons. The third kappa shape index (κ3) is 2.43. The topological polar surface area (TPSA) is 29.9 Å². The first kappa shape index (κ1) is 14.4. The van der Waals surface area contributed by atoms with E-state index in [0.29, 0.717) is 0 Å². The summed E-state index contributed by atoms with van der Waals surface area (Å²) >= 11 is 3.42. The normalized spacial score (nSPS) is 13.0. The minimum Gasteiger partial charge on any atom is -0.369 e. The zero-order valence-electron chi connectivity index (χ0n) is 12.0. The van der Waals surface area contributed by atoms with Crippen molar-refractivity contribution in [1.29, 1.82) is 0 Å². The quantitative estimate of drug-likeness (QED) is 0.711. The molecule has 2 aromatic carbocycles. The third-order valence-corrected chi connectivity index (χ3v) is 4.44. The van der Waals surface area contributed by atoms with Gasteiger partial charge in [-0.25, -0.2) is 13.5 Å². The minimum absolute atomic E-state index is 0.236. The number of anilines is 1. The molecule has 23 heavy (non-hydrogen) atoms. The van der Waals surface area contributed by atoms with Crippen LogP contribution in [0.5, 0.6) is 0 Å². The van der Waals surface area contributed by atoms with Gasteiger partial charge in [0.15, 0.2) is 5.82 Å². The molecule has 4 rings (SSSR count). The lowest BCUT2D eigenvalue weighted by Crippen LogP contribution is -2.06. The van der Waals surface area contributed by atoms with E-state index in [1.54, 1.807) is 0 Å². The highest BCUT2D eigenvalue weighted by atomic mass is 79.9. The monoisotopic (exact) mass is 375 g/mol. The van der Waals surface area contributed by atoms with Gasteiger partial charge in [-0.1, -0.05) is 28.1 Å². The number of benzene rings is 2. The summed E-state index contributed by atoms with van der Waals surface area (Å²) in [5.74, 6) is -0.462. The number of hydrogen-bond donors (Lipinski definition) is 1. The predicted molar refractivity (Wildman–Crippen MR) is 88.8 cm³/mol. The Kier molecular flexibility index (Phi) is 3.41. The Morgan fingerprint density at radius 2 is 1.87 bits per heavy atom. The number of rotatable bonds is 2. The van der Waals surface area contributed by atoms with E-state index in [4.69, 9.17) is 0 Å². The van der Waals surface area contributed by atoms with Crippen LogP contribution < -0.4 is 5.32 Å². The van der Waals surface area contributed by atoms with Crippen molar-refractivity contribution in [2.45, 2.75) is 6.42 Å². The third-order valence-electron chi connectivity index (χ3n) is 3.91. The van der Waals surface area contributed by atoms with Crippen LogP contribution >= 0.6 is 15.9 Å². The molecule has 1 N–H and O–H groups in total. The highest BCUT2D eigenvalue weighted by Crippen LogP contribution is 2.35. The second kappa shape index (κ2) is 5.45. The highest BCUT2D eigenvalue weighted by molar-refractivity contribution is 9.10. The summed E-state index contributed by atoms with van der Waals surface area (Å²) < 4.78 is 29.8. The van der Waals surface area contributed by atoms with Gasteiger partial charge in [0.05, 0.1) is 5.69 Å². The van der Waals surface area contributed by atoms with Crippen molar-refractivity contribution < 1.29 is 8.78 Å². The van der Waals surface area contributed by atoms with Crippen LogP contribution in [0.15, 0.2) is 46.9 Å². The number of aromatic nitrogens is 2. The van der Waals surface area contributed by atoms with Gasteiger partial charge in [0.2, 0.25) is 0 Å². The maximum atomic E-state index is 14.1. The number of nitrogens with one attached hydrogen (secondary N) is 1. The largest absolute Gasteiger partial charge is 0.369 e. The molecule has 3 aromatic rings. The highest BCUT2D eigenvalue weighted by Gasteiger charge is 2.25. The van der Waals surface area contributed by atoms with Crippen molar-refractivity contribution in [3.63, 3.8) is 0 Å². The number of hydrogen-bond acceptors (Lipinski definition) is 2. The molecule has 1 aliphatic heterocycles. The fourth-order valence-electron chi connectivity index (χ4n) is 2.84. The van der Waals surface area contributed by atoms with Crippen molar-refractivity contribution in [3.05, 3.63) is 64.1 Å². The van der Waals surface area contributed by atoms with Gasteiger partial charge >= 0.3 is 0 Å². The Morgan fingerprint density at radius 1 is 1.09 bits per heavy atom. The number of halogens is 3. The molecule has 1 aromatic heterocycles. The van der Waals surface area contributed by atoms with Crippen molar-refractivity contribution in [3.8, 4) is 16.9 Å². The smallest absolute Gasteiger partial charge is 0.151 e. The van der Waals surface area contributed by atoms with Gasteiger partial charge in [0.1, 0.15) is 17.3 Å². The van der Waals surface area contributed by atoms with Crippen molar-refractivity contribution in [2.24, 2.45) is 0 Å². The first-order chi connectivity index (χ1) is 11.1. The van der Waals surface area contributed by atoms with Gasteiger partial charge in [-0.3, -0.25) is 0 Å². The molecule has 0 unspecified atom stereocenters. The predicted octanol–water partition coefficient (Wildman–Crippen LogP) is 4.55. The Bertz CT molecular complexity index is 888. The van der Waals surface area contributed by atoms with Crippen LogP contribution in [0.1, 0.15) is 5.56 Å². The summed E-state index contributed by atoms with van der Waals surface area (Å²) in [5, 5.41) is 7.81. The molecule has 6 heteroatoms. The second-order valence-electron chi connectivity index (χ2n) is 5.37. The van der Waals surface area contributed by atoms with E-state index in [1.165, 1.54) is 16.8 Å². The Hall–Kier alpha value is -2.21. The molecule has 0 bridgehead atoms. The maximum absolute atomic E-state index is 14.1. The standard InChI is InChI=1S/C17H12BrF2N3/c18-11-3-1-10(2-4-11)16-13-7-8-21-17(13)23(22-16)15-6-5-12(19)9-14(15)20/h1-6,9,21H,7-8H2. The molecule has 3 nitrogen and oxygen atoms in total. The molecule has 116 valence electrons. The molecule has 0 saturated heterocycles. The molecule has 0 fully saturated rings. The fraction of sp³-hybridized carbons (Fsp3) is 0.118. The lowest BCUT2D eigenvalue weighted by molar-refractivity contribution is 0.574. The van der Waals surface area contributed by atoms with E-state index in [-0.39, 0.29) is 5.69 Å². The van der Waals surface area contributed by atoms with Gasteiger partial charge in [-0.2, -0.15) is 5.10 Å². The van der Waals surface area contributed by atoms with Crippen molar-refractivity contribution in [2.75, 3.05) is 11.9 Å². The Labute approximate surface area is 140 Å². The summed E-state index contributed by atoms with van der Waals surface area (Å²) in [5.41, 5.74) is 3.08. The molecule has 0 saturated carbocycles. The average molecular weight is 376 g/mol. The molecule has 0 spiro atoms. The first-order valence-corrected chi connectivity index (χ1v) is 8.00. The van der Waals surface area contributed by atoms with Crippen LogP contribution in [0.25, 0.3) is 16.9 Å². The molecule has 2 heterocycles. The van der Waals surface area contributed by atoms with Crippen LogP contribution in [0.2, 0.25) is 0 Å². The lowest BCUT2D eigenvalue weighted by atomic mass is 10.1. The zero-order valence-corrected chi connectivity index (χ0v) is 13.6. The summed E-state index contributed by atoms with van der Waals surface area (Å²) in [4.78, 5) is 0. The zero-order chi connectivity index (χ0) is 16.0. The number of fused-ring (bicyclic) bond motifs is 1. The molecular formula is C17H12BrF2N3. The fourth-order valence-corrected chi connectivity index (χ4v) is 3.11. The van der Waals surface area contributed by atoms with E-state index >= 15 is 0 Å². The van der Waals surface area contributed by atoms with Gasteiger partial charge < -0.3 is 5.32 Å². The van der Waals surface area contributed by atoms with Crippen LogP contribution in [-0.4, -0.2) is 16.3 Å². The molecular weight excluding hydrogens is 364 g/mol. The number of nitrogens with zero attached hydrogens (tertiary/aromatic N) is 2. The van der Waals surface area contributed by atoms with Gasteiger partial charge in [0, 0.05) is 28.2 Å². The molecule has 0 atom stereocenters. The Balaban J connectivity index is 1.89. The van der Waals surface area contributed by atoms with Crippen LogP contribution in [0.4, 0.5) is 14.6 Å². The van der Waals surface area contributed by atoms with E-state index in [9.17, 15) is 8.78 Å². The Morgan fingerprint density at radius 3 is 2.61 bits per heavy atom. The molecule has 1 aliphatic rings.